The van der Waals surface area contributed by atoms with Crippen molar-refractivity contribution in [2.75, 3.05) is 0 Å². The van der Waals surface area contributed by atoms with Gasteiger partial charge in [-0.2, -0.15) is 0 Å². The molecule has 0 amide bonds. The quantitative estimate of drug-likeness (QED) is 0.322. The zero-order valence-corrected chi connectivity index (χ0v) is 12.7. The summed E-state index contributed by atoms with van der Waals surface area (Å²) in [5.74, 6) is 0.466. The van der Waals surface area contributed by atoms with Gasteiger partial charge in [0.1, 0.15) is 5.84 Å². The number of rotatable bonds is 1. The summed E-state index contributed by atoms with van der Waals surface area (Å²) in [5.41, 5.74) is 6.32. The summed E-state index contributed by atoms with van der Waals surface area (Å²) >= 11 is 0. The second-order valence-electron chi connectivity index (χ2n) is 3.08. The van der Waals surface area contributed by atoms with Crippen molar-refractivity contribution in [1.29, 1.82) is 10.8 Å². The fourth-order valence-electron chi connectivity index (χ4n) is 1.22. The Hall–Kier alpha value is -1.40. The molecular formula is C11H12N6Y-2. The van der Waals surface area contributed by atoms with Crippen molar-refractivity contribution in [2.45, 2.75) is 0 Å². The van der Waals surface area contributed by atoms with Gasteiger partial charge < -0.3 is 23.9 Å². The zero-order valence-electron chi connectivity index (χ0n) is 9.86. The van der Waals surface area contributed by atoms with E-state index in [1.165, 1.54) is 12.4 Å². The molecule has 2 heterocycles. The molecule has 18 heavy (non-hydrogen) atoms. The number of dihydropyridines is 1. The molecule has 0 aromatic carbocycles. The van der Waals surface area contributed by atoms with Crippen LogP contribution in [-0.2, 0) is 32.7 Å². The predicted octanol–water partition coefficient (Wildman–Crippen LogP) is 0.561. The van der Waals surface area contributed by atoms with E-state index in [0.29, 0.717) is 17.1 Å². The van der Waals surface area contributed by atoms with Gasteiger partial charge in [0.15, 0.2) is 0 Å². The molecule has 2 aliphatic rings. The maximum atomic E-state index is 7.61. The number of allylic oxidation sites excluding steroid dienone is 2. The third-order valence-corrected chi connectivity index (χ3v) is 1.99. The Balaban J connectivity index is 0.00000144. The van der Waals surface area contributed by atoms with E-state index < -0.39 is 0 Å². The first-order valence-corrected chi connectivity index (χ1v) is 4.49. The molecule has 0 aliphatic carbocycles. The van der Waals surface area contributed by atoms with E-state index in [0.717, 1.165) is 0 Å². The van der Waals surface area contributed by atoms with Crippen molar-refractivity contribution in [3.05, 3.63) is 42.7 Å². The maximum absolute atomic E-state index is 7.61. The molecule has 0 atom stereocenters. The van der Waals surface area contributed by atoms with Gasteiger partial charge in [-0.05, 0) is 6.08 Å². The molecule has 1 radical (unpaired) electrons. The summed E-state index contributed by atoms with van der Waals surface area (Å²) in [6.45, 7) is 0. The van der Waals surface area contributed by atoms with Gasteiger partial charge in [0.2, 0.25) is 0 Å². The van der Waals surface area contributed by atoms with Gasteiger partial charge in [-0.15, -0.1) is 0 Å². The molecule has 0 spiro atoms. The fourth-order valence-corrected chi connectivity index (χ4v) is 1.22. The second kappa shape index (κ2) is 7.13. The van der Waals surface area contributed by atoms with Gasteiger partial charge in [-0.25, -0.2) is 12.2 Å². The van der Waals surface area contributed by atoms with E-state index >= 15 is 0 Å². The topological polar surface area (TPSA) is 110 Å². The van der Waals surface area contributed by atoms with Crippen LogP contribution in [0.4, 0.5) is 0 Å². The zero-order chi connectivity index (χ0) is 11.5. The van der Waals surface area contributed by atoms with Crippen LogP contribution >= 0.6 is 0 Å². The molecule has 0 saturated carbocycles. The van der Waals surface area contributed by atoms with E-state index in [1.54, 1.807) is 12.2 Å². The van der Waals surface area contributed by atoms with Crippen LogP contribution in [0, 0.1) is 24.3 Å². The van der Waals surface area contributed by atoms with E-state index in [2.05, 4.69) is 21.4 Å². The van der Waals surface area contributed by atoms with Gasteiger partial charge in [-0.1, -0.05) is 11.8 Å². The number of aliphatic imine (C=N–C) groups is 2. The summed E-state index contributed by atoms with van der Waals surface area (Å²) in [4.78, 5) is 7.86. The maximum Gasteiger partial charge on any atom is 0.139 e. The molecule has 0 aromatic heterocycles. The summed E-state index contributed by atoms with van der Waals surface area (Å²) in [6.07, 6.45) is 8.92. The van der Waals surface area contributed by atoms with Crippen molar-refractivity contribution in [3.63, 3.8) is 0 Å². The molecule has 0 saturated heterocycles. The van der Waals surface area contributed by atoms with Gasteiger partial charge in [0.25, 0.3) is 0 Å². The Morgan fingerprint density at radius 1 is 1.39 bits per heavy atom. The first kappa shape index (κ1) is 16.6. The monoisotopic (exact) mass is 317 g/mol. The number of amidine groups is 2. The average Bonchev–Trinajstić information content (AvgIpc) is 2.30. The smallest absolute Gasteiger partial charge is 0.139 e. The van der Waals surface area contributed by atoms with Gasteiger partial charge in [0, 0.05) is 38.9 Å². The van der Waals surface area contributed by atoms with Crippen LogP contribution < -0.4 is 11.1 Å². The molecule has 0 aromatic rings. The first-order chi connectivity index (χ1) is 7.68. The van der Waals surface area contributed by atoms with Crippen molar-refractivity contribution >= 4 is 24.1 Å². The first-order valence-electron chi connectivity index (χ1n) is 4.49. The standard InChI is InChI=1S/C10H9N6.CH3.Y/c11-8(12)7-3-5-15-10(16-7)6-2-1-4-14-9(6)13;;/h2-5,13,16H,(H3,11,12);1H3;/q2*-1;/b10-6-,13-9?;;. The molecule has 0 unspecified atom stereocenters. The van der Waals surface area contributed by atoms with Crippen LogP contribution in [0.2, 0.25) is 0 Å². The van der Waals surface area contributed by atoms with Crippen LogP contribution in [-0.4, -0.2) is 24.1 Å². The van der Waals surface area contributed by atoms with Crippen LogP contribution in [0.1, 0.15) is 0 Å². The number of hydrogen-bond donors (Lipinski definition) is 4. The minimum atomic E-state index is -0.0805. The van der Waals surface area contributed by atoms with Crippen LogP contribution in [0.25, 0.3) is 0 Å². The summed E-state index contributed by atoms with van der Waals surface area (Å²) in [5, 5.41) is 17.8. The Morgan fingerprint density at radius 3 is 2.72 bits per heavy atom. The third-order valence-electron chi connectivity index (χ3n) is 1.99. The number of nitrogens with one attached hydrogen (secondary N) is 3. The average molecular weight is 317 g/mol. The summed E-state index contributed by atoms with van der Waals surface area (Å²) < 4.78 is 0. The van der Waals surface area contributed by atoms with E-state index in [9.17, 15) is 0 Å². The van der Waals surface area contributed by atoms with Gasteiger partial charge in [0.05, 0.1) is 17.4 Å². The SMILES string of the molecule is N=C(N)C1=CC=N/C(=C2\C=[C-]C=NC2=N)N1.[CH3-].[Y]. The summed E-state index contributed by atoms with van der Waals surface area (Å²) in [6, 6.07) is 0. The van der Waals surface area contributed by atoms with Crippen LogP contribution in [0.5, 0.6) is 0 Å². The van der Waals surface area contributed by atoms with Crippen molar-refractivity contribution in [3.8, 4) is 0 Å². The Kier molecular flexibility index (Phi) is 6.58. The minimum Gasteiger partial charge on any atom is -0.382 e. The molecular weight excluding hydrogens is 305 g/mol. The van der Waals surface area contributed by atoms with E-state index in [1.807, 2.05) is 0 Å². The third kappa shape index (κ3) is 3.55. The van der Waals surface area contributed by atoms with Gasteiger partial charge in [-0.3, -0.25) is 15.4 Å². The molecule has 5 N–H and O–H groups in total. The molecule has 7 heteroatoms. The second-order valence-corrected chi connectivity index (χ2v) is 3.08. The molecule has 0 fully saturated rings. The van der Waals surface area contributed by atoms with E-state index in [4.69, 9.17) is 16.6 Å². The number of nitrogens with two attached hydrogens (primary N) is 1. The van der Waals surface area contributed by atoms with Crippen LogP contribution in [0.15, 0.2) is 39.2 Å². The van der Waals surface area contributed by atoms with E-state index in [-0.39, 0.29) is 51.8 Å². The normalized spacial score (nSPS) is 20.4. The van der Waals surface area contributed by atoms with Crippen molar-refractivity contribution < 1.29 is 32.7 Å². The van der Waals surface area contributed by atoms with Crippen molar-refractivity contribution in [2.24, 2.45) is 15.7 Å². The predicted molar refractivity (Wildman–Crippen MR) is 69.1 cm³/mol. The summed E-state index contributed by atoms with van der Waals surface area (Å²) in [7, 11) is 0. The minimum absolute atomic E-state index is 0. The fraction of sp³-hybridized carbons (Fsp3) is 0. The Labute approximate surface area is 131 Å². The van der Waals surface area contributed by atoms with Gasteiger partial charge >= 0.3 is 0 Å². The molecule has 6 nitrogen and oxygen atoms in total. The number of hydrogen-bond acceptors (Lipinski definition) is 4. The molecule has 91 valence electrons. The Bertz CT molecular complexity index is 510. The van der Waals surface area contributed by atoms with Crippen molar-refractivity contribution in [1.82, 2.24) is 5.32 Å². The number of nitrogens with zero attached hydrogens (tertiary/aromatic N) is 2. The molecule has 2 rings (SSSR count). The Morgan fingerprint density at radius 2 is 2.11 bits per heavy atom. The largest absolute Gasteiger partial charge is 0.382 e. The molecule has 0 bridgehead atoms. The van der Waals surface area contributed by atoms with Crippen LogP contribution in [0.3, 0.4) is 0 Å². The molecule has 2 aliphatic heterocycles.